The molecule has 1 aliphatic heterocycles. The van der Waals surface area contributed by atoms with Gasteiger partial charge in [-0.05, 0) is 48.7 Å². The van der Waals surface area contributed by atoms with Crippen LogP contribution in [0, 0.1) is 13.8 Å². The molecule has 2 aromatic rings. The summed E-state index contributed by atoms with van der Waals surface area (Å²) < 4.78 is 15.5. The van der Waals surface area contributed by atoms with E-state index >= 15 is 0 Å². The Morgan fingerprint density at radius 1 is 1.00 bits per heavy atom. The van der Waals surface area contributed by atoms with Crippen molar-refractivity contribution in [2.45, 2.75) is 20.3 Å². The molecule has 0 saturated heterocycles. The molecule has 0 unspecified atom stereocenters. The minimum Gasteiger partial charge on any atom is -0.457 e. The molecule has 0 atom stereocenters. The predicted octanol–water partition coefficient (Wildman–Crippen LogP) is 3.00. The average Bonchev–Trinajstić information content (AvgIpc) is 3.03. The van der Waals surface area contributed by atoms with E-state index in [2.05, 4.69) is 0 Å². The second kappa shape index (κ2) is 6.74. The molecule has 1 aliphatic rings. The van der Waals surface area contributed by atoms with Crippen molar-refractivity contribution in [3.05, 3.63) is 58.7 Å². The highest BCUT2D eigenvalue weighted by molar-refractivity contribution is 5.98. The molecule has 5 nitrogen and oxygen atoms in total. The number of esters is 1. The van der Waals surface area contributed by atoms with E-state index in [0.717, 1.165) is 11.1 Å². The standard InChI is InChI=1S/C19H18O5/c1-12-3-4-14(7-13(12)2)8-19(21)22-10-16(20)15-5-6-17-18(9-15)24-11-23-17/h3-7,9H,8,10-11H2,1-2H3. The van der Waals surface area contributed by atoms with Crippen molar-refractivity contribution in [1.29, 1.82) is 0 Å². The molecule has 0 N–H and O–H groups in total. The van der Waals surface area contributed by atoms with Gasteiger partial charge in [0.25, 0.3) is 0 Å². The van der Waals surface area contributed by atoms with Gasteiger partial charge in [0.15, 0.2) is 23.9 Å². The number of hydrogen-bond acceptors (Lipinski definition) is 5. The van der Waals surface area contributed by atoms with E-state index in [4.69, 9.17) is 14.2 Å². The number of benzene rings is 2. The van der Waals surface area contributed by atoms with Crippen LogP contribution in [0.2, 0.25) is 0 Å². The highest BCUT2D eigenvalue weighted by Crippen LogP contribution is 2.32. The zero-order chi connectivity index (χ0) is 17.1. The Hall–Kier alpha value is -2.82. The van der Waals surface area contributed by atoms with E-state index < -0.39 is 5.97 Å². The maximum absolute atomic E-state index is 12.1. The third kappa shape index (κ3) is 3.56. The number of Topliss-reactive ketones (excluding diaryl/α,β-unsaturated/α-hetero) is 1. The number of hydrogen-bond donors (Lipinski definition) is 0. The summed E-state index contributed by atoms with van der Waals surface area (Å²) in [7, 11) is 0. The first-order valence-electron chi connectivity index (χ1n) is 7.67. The van der Waals surface area contributed by atoms with Gasteiger partial charge in [0.1, 0.15) is 0 Å². The second-order valence-electron chi connectivity index (χ2n) is 5.75. The Bertz CT molecular complexity index is 794. The summed E-state index contributed by atoms with van der Waals surface area (Å²) >= 11 is 0. The fraction of sp³-hybridized carbons (Fsp3) is 0.263. The van der Waals surface area contributed by atoms with E-state index in [0.29, 0.717) is 17.1 Å². The van der Waals surface area contributed by atoms with Gasteiger partial charge in [-0.3, -0.25) is 9.59 Å². The first kappa shape index (κ1) is 16.1. The van der Waals surface area contributed by atoms with Crippen LogP contribution in [0.4, 0.5) is 0 Å². The van der Waals surface area contributed by atoms with Crippen LogP contribution in [0.1, 0.15) is 27.0 Å². The zero-order valence-electron chi connectivity index (χ0n) is 13.6. The highest BCUT2D eigenvalue weighted by atomic mass is 16.7. The molecule has 0 aliphatic carbocycles. The minimum absolute atomic E-state index is 0.148. The molecule has 2 aromatic carbocycles. The maximum atomic E-state index is 12.1. The lowest BCUT2D eigenvalue weighted by atomic mass is 10.0. The maximum Gasteiger partial charge on any atom is 0.310 e. The van der Waals surface area contributed by atoms with Crippen LogP contribution in [0.3, 0.4) is 0 Å². The van der Waals surface area contributed by atoms with E-state index in [9.17, 15) is 9.59 Å². The van der Waals surface area contributed by atoms with Gasteiger partial charge in [0, 0.05) is 5.56 Å². The summed E-state index contributed by atoms with van der Waals surface area (Å²) in [6, 6.07) is 10.7. The first-order chi connectivity index (χ1) is 11.5. The molecule has 0 saturated carbocycles. The number of carbonyl (C=O) groups is 2. The summed E-state index contributed by atoms with van der Waals surface area (Å²) in [5.74, 6) is 0.440. The van der Waals surface area contributed by atoms with Crippen LogP contribution in [0.5, 0.6) is 11.5 Å². The fourth-order valence-electron chi connectivity index (χ4n) is 2.43. The molecule has 0 aromatic heterocycles. The van der Waals surface area contributed by atoms with Gasteiger partial charge in [0.2, 0.25) is 6.79 Å². The molecular weight excluding hydrogens is 308 g/mol. The lowest BCUT2D eigenvalue weighted by molar-refractivity contribution is -0.141. The molecule has 124 valence electrons. The number of ether oxygens (including phenoxy) is 3. The number of fused-ring (bicyclic) bond motifs is 1. The first-order valence-corrected chi connectivity index (χ1v) is 7.67. The van der Waals surface area contributed by atoms with Crippen LogP contribution in [-0.2, 0) is 16.0 Å². The Balaban J connectivity index is 1.55. The second-order valence-corrected chi connectivity index (χ2v) is 5.75. The molecule has 0 bridgehead atoms. The zero-order valence-corrected chi connectivity index (χ0v) is 13.6. The predicted molar refractivity (Wildman–Crippen MR) is 87.5 cm³/mol. The average molecular weight is 326 g/mol. The van der Waals surface area contributed by atoms with Gasteiger partial charge < -0.3 is 14.2 Å². The van der Waals surface area contributed by atoms with E-state index in [1.807, 2.05) is 32.0 Å². The Morgan fingerprint density at radius 3 is 2.58 bits per heavy atom. The molecule has 5 heteroatoms. The van der Waals surface area contributed by atoms with Crippen LogP contribution in [-0.4, -0.2) is 25.2 Å². The molecule has 0 radical (unpaired) electrons. The summed E-state index contributed by atoms with van der Waals surface area (Å²) in [4.78, 5) is 24.0. The van der Waals surface area contributed by atoms with Gasteiger partial charge >= 0.3 is 5.97 Å². The van der Waals surface area contributed by atoms with Crippen molar-refractivity contribution in [2.24, 2.45) is 0 Å². The lowest BCUT2D eigenvalue weighted by Gasteiger charge is -2.07. The quantitative estimate of drug-likeness (QED) is 0.624. The lowest BCUT2D eigenvalue weighted by Crippen LogP contribution is -2.15. The van der Waals surface area contributed by atoms with Crippen LogP contribution in [0.25, 0.3) is 0 Å². The van der Waals surface area contributed by atoms with Crippen molar-refractivity contribution < 1.29 is 23.8 Å². The van der Waals surface area contributed by atoms with Crippen LogP contribution < -0.4 is 9.47 Å². The van der Waals surface area contributed by atoms with Crippen molar-refractivity contribution in [3.8, 4) is 11.5 Å². The topological polar surface area (TPSA) is 61.8 Å². The summed E-state index contributed by atoms with van der Waals surface area (Å²) in [5.41, 5.74) is 3.60. The summed E-state index contributed by atoms with van der Waals surface area (Å²) in [6.45, 7) is 3.87. The SMILES string of the molecule is Cc1ccc(CC(=O)OCC(=O)c2ccc3c(c2)OCO3)cc1C. The number of carbonyl (C=O) groups excluding carboxylic acids is 2. The van der Waals surface area contributed by atoms with Crippen molar-refractivity contribution in [2.75, 3.05) is 13.4 Å². The minimum atomic E-state index is -0.424. The molecule has 24 heavy (non-hydrogen) atoms. The number of ketones is 1. The van der Waals surface area contributed by atoms with Gasteiger partial charge in [-0.25, -0.2) is 0 Å². The van der Waals surface area contributed by atoms with E-state index in [-0.39, 0.29) is 25.6 Å². The number of rotatable bonds is 5. The third-order valence-electron chi connectivity index (χ3n) is 3.98. The summed E-state index contributed by atoms with van der Waals surface area (Å²) in [5, 5.41) is 0. The molecule has 0 amide bonds. The Morgan fingerprint density at radius 2 is 1.79 bits per heavy atom. The van der Waals surface area contributed by atoms with Gasteiger partial charge in [-0.2, -0.15) is 0 Å². The molecule has 3 rings (SSSR count). The van der Waals surface area contributed by atoms with Crippen LogP contribution in [0.15, 0.2) is 36.4 Å². The fourth-order valence-corrected chi connectivity index (χ4v) is 2.43. The normalized spacial score (nSPS) is 12.1. The van der Waals surface area contributed by atoms with Crippen molar-refractivity contribution in [3.63, 3.8) is 0 Å². The highest BCUT2D eigenvalue weighted by Gasteiger charge is 2.17. The van der Waals surface area contributed by atoms with E-state index in [1.165, 1.54) is 5.56 Å². The largest absolute Gasteiger partial charge is 0.457 e. The molecule has 0 spiro atoms. The van der Waals surface area contributed by atoms with Gasteiger partial charge in [-0.1, -0.05) is 18.2 Å². The molecule has 1 heterocycles. The van der Waals surface area contributed by atoms with Crippen LogP contribution >= 0.6 is 0 Å². The Labute approximate surface area is 140 Å². The monoisotopic (exact) mass is 326 g/mol. The summed E-state index contributed by atoms with van der Waals surface area (Å²) in [6.07, 6.45) is 0.148. The molecular formula is C19H18O5. The van der Waals surface area contributed by atoms with E-state index in [1.54, 1.807) is 18.2 Å². The van der Waals surface area contributed by atoms with Crippen molar-refractivity contribution >= 4 is 11.8 Å². The van der Waals surface area contributed by atoms with Crippen molar-refractivity contribution in [1.82, 2.24) is 0 Å². The Kier molecular flexibility index (Phi) is 4.51. The van der Waals surface area contributed by atoms with Gasteiger partial charge in [0.05, 0.1) is 6.42 Å². The number of aryl methyl sites for hydroxylation is 2. The van der Waals surface area contributed by atoms with Gasteiger partial charge in [-0.15, -0.1) is 0 Å². The third-order valence-corrected chi connectivity index (χ3v) is 3.98. The smallest absolute Gasteiger partial charge is 0.310 e. The molecule has 0 fully saturated rings.